The van der Waals surface area contributed by atoms with E-state index in [2.05, 4.69) is 39.8 Å². The third-order valence-corrected chi connectivity index (χ3v) is 5.67. The largest absolute Gasteiger partial charge is 0.0888 e. The van der Waals surface area contributed by atoms with Crippen molar-refractivity contribution in [3.8, 4) is 0 Å². The van der Waals surface area contributed by atoms with Crippen molar-refractivity contribution in [1.29, 1.82) is 0 Å². The molecule has 0 fully saturated rings. The van der Waals surface area contributed by atoms with Gasteiger partial charge in [0, 0.05) is 0 Å². The number of hydrogen-bond acceptors (Lipinski definition) is 0. The first-order chi connectivity index (χ1) is 11.7. The Kier molecular flexibility index (Phi) is 18.9. The van der Waals surface area contributed by atoms with Crippen LogP contribution >= 0.6 is 0 Å². The van der Waals surface area contributed by atoms with E-state index in [1.807, 2.05) is 0 Å². The van der Waals surface area contributed by atoms with E-state index in [0.29, 0.717) is 0 Å². The van der Waals surface area contributed by atoms with Crippen molar-refractivity contribution in [1.82, 2.24) is 0 Å². The van der Waals surface area contributed by atoms with Gasteiger partial charge in [-0.3, -0.25) is 0 Å². The van der Waals surface area contributed by atoms with Gasteiger partial charge >= 0.3 is 0 Å². The predicted octanol–water partition coefficient (Wildman–Crippen LogP) is 9.10. The number of unbranched alkanes of at least 4 members (excludes halogenated alkanes) is 11. The summed E-state index contributed by atoms with van der Waals surface area (Å²) in [5.74, 6) is 1.86. The van der Waals surface area contributed by atoms with E-state index in [9.17, 15) is 0 Å². The second-order valence-electron chi connectivity index (χ2n) is 8.09. The minimum atomic E-state index is 0.930. The van der Waals surface area contributed by atoms with Crippen LogP contribution in [0.3, 0.4) is 0 Å². The summed E-state index contributed by atoms with van der Waals surface area (Å²) in [4.78, 5) is 0. The molecule has 0 aromatic rings. The van der Waals surface area contributed by atoms with Gasteiger partial charge in [0.15, 0.2) is 0 Å². The lowest BCUT2D eigenvalue weighted by molar-refractivity contribution is 0.322. The summed E-state index contributed by atoms with van der Waals surface area (Å²) in [6, 6.07) is 0. The summed E-state index contributed by atoms with van der Waals surface area (Å²) in [6.07, 6.45) is 27.3. The first kappa shape index (κ1) is 23.7. The molecule has 0 heteroatoms. The molecule has 0 bridgehead atoms. The minimum absolute atomic E-state index is 0.930. The molecule has 0 heterocycles. The van der Waals surface area contributed by atoms with Gasteiger partial charge in [0.05, 0.1) is 0 Å². The Morgan fingerprint density at radius 1 is 0.542 bits per heavy atom. The standard InChI is InChI=1S/C24H48/c1-5-7-9-11-13-14-15-16-18-20-22-24(4)23(3)21-19-17-12-10-8-6-2/h7,9,23-24H,5-6,8,10-22H2,1-4H3/b9-7+. The van der Waals surface area contributed by atoms with Crippen molar-refractivity contribution in [3.05, 3.63) is 12.2 Å². The van der Waals surface area contributed by atoms with Crippen molar-refractivity contribution < 1.29 is 0 Å². The van der Waals surface area contributed by atoms with Crippen molar-refractivity contribution in [3.63, 3.8) is 0 Å². The molecule has 0 aromatic heterocycles. The molecule has 0 radical (unpaired) electrons. The Hall–Kier alpha value is -0.260. The zero-order chi connectivity index (χ0) is 17.9. The maximum Gasteiger partial charge on any atom is -0.0351 e. The molecule has 0 saturated carbocycles. The summed E-state index contributed by atoms with van der Waals surface area (Å²) in [7, 11) is 0. The van der Waals surface area contributed by atoms with Crippen LogP contribution in [0.2, 0.25) is 0 Å². The van der Waals surface area contributed by atoms with Gasteiger partial charge in [0.2, 0.25) is 0 Å². The van der Waals surface area contributed by atoms with Gasteiger partial charge in [0.1, 0.15) is 0 Å². The molecule has 2 atom stereocenters. The van der Waals surface area contributed by atoms with Gasteiger partial charge in [-0.25, -0.2) is 0 Å². The summed E-state index contributed by atoms with van der Waals surface area (Å²) in [5, 5.41) is 0. The van der Waals surface area contributed by atoms with E-state index >= 15 is 0 Å². The molecule has 0 N–H and O–H groups in total. The molecule has 0 aromatic carbocycles. The summed E-state index contributed by atoms with van der Waals surface area (Å²) in [6.45, 7) is 9.49. The Bertz CT molecular complexity index is 253. The van der Waals surface area contributed by atoms with E-state index in [0.717, 1.165) is 11.8 Å². The van der Waals surface area contributed by atoms with Crippen molar-refractivity contribution in [2.45, 2.75) is 130 Å². The molecule has 0 amide bonds. The van der Waals surface area contributed by atoms with Crippen LogP contribution in [0.25, 0.3) is 0 Å². The Morgan fingerprint density at radius 3 is 1.50 bits per heavy atom. The lowest BCUT2D eigenvalue weighted by atomic mass is 9.86. The highest BCUT2D eigenvalue weighted by molar-refractivity contribution is 4.79. The molecule has 0 aliphatic rings. The zero-order valence-corrected chi connectivity index (χ0v) is 17.6. The molecule has 0 aliphatic heterocycles. The van der Waals surface area contributed by atoms with Crippen LogP contribution in [0.4, 0.5) is 0 Å². The lowest BCUT2D eigenvalue weighted by Gasteiger charge is -2.19. The van der Waals surface area contributed by atoms with Crippen LogP contribution in [0.5, 0.6) is 0 Å². The van der Waals surface area contributed by atoms with Gasteiger partial charge in [-0.15, -0.1) is 0 Å². The van der Waals surface area contributed by atoms with Crippen LogP contribution in [0.15, 0.2) is 12.2 Å². The van der Waals surface area contributed by atoms with Crippen molar-refractivity contribution in [2.24, 2.45) is 11.8 Å². The van der Waals surface area contributed by atoms with Gasteiger partial charge in [-0.2, -0.15) is 0 Å². The van der Waals surface area contributed by atoms with E-state index in [1.165, 1.54) is 103 Å². The third kappa shape index (κ3) is 16.6. The molecular weight excluding hydrogens is 288 g/mol. The number of allylic oxidation sites excluding steroid dienone is 2. The molecule has 0 aliphatic carbocycles. The predicted molar refractivity (Wildman–Crippen MR) is 113 cm³/mol. The van der Waals surface area contributed by atoms with E-state index in [-0.39, 0.29) is 0 Å². The summed E-state index contributed by atoms with van der Waals surface area (Å²) in [5.41, 5.74) is 0. The van der Waals surface area contributed by atoms with Crippen LogP contribution < -0.4 is 0 Å². The highest BCUT2D eigenvalue weighted by Gasteiger charge is 2.11. The molecule has 0 saturated heterocycles. The normalized spacial score (nSPS) is 14.3. The zero-order valence-electron chi connectivity index (χ0n) is 17.6. The van der Waals surface area contributed by atoms with Gasteiger partial charge in [0.25, 0.3) is 0 Å². The van der Waals surface area contributed by atoms with Crippen LogP contribution in [-0.2, 0) is 0 Å². The summed E-state index contributed by atoms with van der Waals surface area (Å²) < 4.78 is 0. The molecule has 2 unspecified atom stereocenters. The average molecular weight is 337 g/mol. The monoisotopic (exact) mass is 336 g/mol. The lowest BCUT2D eigenvalue weighted by Crippen LogP contribution is -2.08. The smallest absolute Gasteiger partial charge is 0.0351 e. The second kappa shape index (κ2) is 19.1. The minimum Gasteiger partial charge on any atom is -0.0888 e. The van der Waals surface area contributed by atoms with Crippen LogP contribution in [-0.4, -0.2) is 0 Å². The SMILES string of the molecule is CC/C=C/CCCCCCCCC(C)C(C)CCCCCCCC. The molecular formula is C24H48. The van der Waals surface area contributed by atoms with Crippen LogP contribution in [0.1, 0.15) is 130 Å². The topological polar surface area (TPSA) is 0 Å². The van der Waals surface area contributed by atoms with E-state index in [1.54, 1.807) is 0 Å². The summed E-state index contributed by atoms with van der Waals surface area (Å²) >= 11 is 0. The van der Waals surface area contributed by atoms with Crippen molar-refractivity contribution >= 4 is 0 Å². The quantitative estimate of drug-likeness (QED) is 0.173. The molecule has 144 valence electrons. The van der Waals surface area contributed by atoms with Crippen molar-refractivity contribution in [2.75, 3.05) is 0 Å². The Morgan fingerprint density at radius 2 is 1.00 bits per heavy atom. The molecule has 0 rings (SSSR count). The maximum atomic E-state index is 2.49. The average Bonchev–Trinajstić information content (AvgIpc) is 2.59. The number of rotatable bonds is 18. The fourth-order valence-electron chi connectivity index (χ4n) is 3.54. The highest BCUT2D eigenvalue weighted by Crippen LogP contribution is 2.24. The van der Waals surface area contributed by atoms with E-state index in [4.69, 9.17) is 0 Å². The molecule has 24 heavy (non-hydrogen) atoms. The first-order valence-corrected chi connectivity index (χ1v) is 11.4. The second-order valence-corrected chi connectivity index (χ2v) is 8.09. The van der Waals surface area contributed by atoms with Gasteiger partial charge < -0.3 is 0 Å². The highest BCUT2D eigenvalue weighted by atomic mass is 14.2. The van der Waals surface area contributed by atoms with Gasteiger partial charge in [-0.05, 0) is 31.1 Å². The maximum absolute atomic E-state index is 2.49. The third-order valence-electron chi connectivity index (χ3n) is 5.67. The van der Waals surface area contributed by atoms with E-state index < -0.39 is 0 Å². The van der Waals surface area contributed by atoms with Gasteiger partial charge in [-0.1, -0.05) is 123 Å². The first-order valence-electron chi connectivity index (χ1n) is 11.4. The molecule has 0 nitrogen and oxygen atoms in total. The fraction of sp³-hybridized carbons (Fsp3) is 0.917. The Labute approximate surface area is 154 Å². The van der Waals surface area contributed by atoms with Crippen LogP contribution in [0, 0.1) is 11.8 Å². The Balaban J connectivity index is 3.35. The fourth-order valence-corrected chi connectivity index (χ4v) is 3.54. The molecule has 0 spiro atoms. The number of hydrogen-bond donors (Lipinski definition) is 0.